The van der Waals surface area contributed by atoms with Crippen molar-refractivity contribution in [2.45, 2.75) is 20.4 Å². The second-order valence-electron chi connectivity index (χ2n) is 5.57. The Morgan fingerprint density at radius 1 is 1.15 bits per heavy atom. The number of aryl methyl sites for hydroxylation is 1. The summed E-state index contributed by atoms with van der Waals surface area (Å²) in [7, 11) is 0. The molecular formula is C19H16Cl2N2O3S. The molecule has 0 bridgehead atoms. The van der Waals surface area contributed by atoms with E-state index in [0.29, 0.717) is 28.5 Å². The predicted molar refractivity (Wildman–Crippen MR) is 108 cm³/mol. The number of thiazole rings is 1. The minimum atomic E-state index is -0.448. The minimum Gasteiger partial charge on any atom is -0.462 e. The number of carbonyl (C=O) groups excluding carboxylic acids is 2. The Balaban J connectivity index is 2.08. The van der Waals surface area contributed by atoms with Crippen LogP contribution in [0.4, 0.5) is 0 Å². The van der Waals surface area contributed by atoms with Crippen molar-refractivity contribution in [1.82, 2.24) is 4.57 Å². The topological polar surface area (TPSA) is 60.7 Å². The summed E-state index contributed by atoms with van der Waals surface area (Å²) in [6.07, 6.45) is 0. The van der Waals surface area contributed by atoms with Gasteiger partial charge in [0.05, 0.1) is 33.0 Å². The summed E-state index contributed by atoms with van der Waals surface area (Å²) in [4.78, 5) is 29.3. The van der Waals surface area contributed by atoms with Crippen molar-refractivity contribution >= 4 is 56.6 Å². The van der Waals surface area contributed by atoms with Crippen molar-refractivity contribution < 1.29 is 14.3 Å². The molecule has 0 aliphatic heterocycles. The number of carbonyl (C=O) groups is 2. The van der Waals surface area contributed by atoms with Gasteiger partial charge < -0.3 is 9.30 Å². The Bertz CT molecular complexity index is 1100. The number of esters is 1. The maximum absolute atomic E-state index is 12.6. The van der Waals surface area contributed by atoms with Gasteiger partial charge in [0, 0.05) is 11.6 Å². The first-order valence-corrected chi connectivity index (χ1v) is 9.86. The number of nitrogens with zero attached hydrogens (tertiary/aromatic N) is 2. The molecule has 0 atom stereocenters. The first-order chi connectivity index (χ1) is 12.9. The van der Waals surface area contributed by atoms with E-state index in [2.05, 4.69) is 4.99 Å². The quantitative estimate of drug-likeness (QED) is 0.558. The highest BCUT2D eigenvalue weighted by atomic mass is 35.5. The number of fused-ring (bicyclic) bond motifs is 1. The Kier molecular flexibility index (Phi) is 5.99. The van der Waals surface area contributed by atoms with Crippen LogP contribution in [-0.4, -0.2) is 23.1 Å². The number of rotatable bonds is 4. The van der Waals surface area contributed by atoms with Crippen molar-refractivity contribution in [2.75, 3.05) is 6.61 Å². The average Bonchev–Trinajstić information content (AvgIpc) is 2.97. The van der Waals surface area contributed by atoms with Crippen LogP contribution >= 0.6 is 34.5 Å². The third-order valence-corrected chi connectivity index (χ3v) is 5.46. The monoisotopic (exact) mass is 422 g/mol. The van der Waals surface area contributed by atoms with Crippen molar-refractivity contribution in [3.05, 3.63) is 62.4 Å². The molecule has 3 rings (SSSR count). The Morgan fingerprint density at radius 3 is 2.59 bits per heavy atom. The zero-order chi connectivity index (χ0) is 19.6. The van der Waals surface area contributed by atoms with Gasteiger partial charge in [0.15, 0.2) is 4.80 Å². The summed E-state index contributed by atoms with van der Waals surface area (Å²) < 4.78 is 7.80. The first kappa shape index (κ1) is 19.6. The van der Waals surface area contributed by atoms with Crippen LogP contribution in [-0.2, 0) is 11.3 Å². The van der Waals surface area contributed by atoms with E-state index in [1.54, 1.807) is 31.2 Å². The molecule has 1 amide bonds. The molecule has 8 heteroatoms. The van der Waals surface area contributed by atoms with Gasteiger partial charge >= 0.3 is 5.97 Å². The summed E-state index contributed by atoms with van der Waals surface area (Å²) >= 11 is 13.3. The number of hydrogen-bond donors (Lipinski definition) is 0. The smallest absolute Gasteiger partial charge is 0.338 e. The second-order valence-corrected chi connectivity index (χ2v) is 7.43. The number of hydrogen-bond acceptors (Lipinski definition) is 4. The second kappa shape index (κ2) is 8.25. The molecule has 0 fully saturated rings. The summed E-state index contributed by atoms with van der Waals surface area (Å²) in [5.74, 6) is -0.825. The van der Waals surface area contributed by atoms with E-state index in [4.69, 9.17) is 27.9 Å². The summed E-state index contributed by atoms with van der Waals surface area (Å²) in [6.45, 7) is 4.66. The van der Waals surface area contributed by atoms with Crippen LogP contribution in [0.3, 0.4) is 0 Å². The SMILES string of the molecule is CCOC(=O)c1ccc2c(c1)sc(=NC(=O)c1ccc(Cl)cc1Cl)n2CC. The molecule has 2 aromatic carbocycles. The predicted octanol–water partition coefficient (Wildman–Crippen LogP) is 4.95. The molecule has 27 heavy (non-hydrogen) atoms. The highest BCUT2D eigenvalue weighted by Gasteiger charge is 2.14. The lowest BCUT2D eigenvalue weighted by Crippen LogP contribution is -2.16. The fourth-order valence-corrected chi connectivity index (χ4v) is 4.24. The van der Waals surface area contributed by atoms with Crippen molar-refractivity contribution in [3.8, 4) is 0 Å². The zero-order valence-electron chi connectivity index (χ0n) is 14.7. The van der Waals surface area contributed by atoms with E-state index in [1.165, 1.54) is 17.4 Å². The maximum Gasteiger partial charge on any atom is 0.338 e. The molecule has 0 saturated carbocycles. The van der Waals surface area contributed by atoms with Gasteiger partial charge in [-0.25, -0.2) is 4.79 Å². The zero-order valence-corrected chi connectivity index (χ0v) is 17.0. The molecule has 0 aliphatic rings. The third-order valence-electron chi connectivity index (χ3n) is 3.87. The Morgan fingerprint density at radius 2 is 1.93 bits per heavy atom. The Hall–Kier alpha value is -2.15. The molecule has 3 aromatic rings. The van der Waals surface area contributed by atoms with E-state index in [-0.39, 0.29) is 16.6 Å². The molecule has 0 radical (unpaired) electrons. The number of halogens is 2. The molecule has 0 aliphatic carbocycles. The largest absolute Gasteiger partial charge is 0.462 e. The molecule has 0 spiro atoms. The molecule has 0 unspecified atom stereocenters. The lowest BCUT2D eigenvalue weighted by atomic mass is 10.2. The normalized spacial score (nSPS) is 11.8. The summed E-state index contributed by atoms with van der Waals surface area (Å²) in [6, 6.07) is 9.96. The van der Waals surface area contributed by atoms with Crippen LogP contribution in [0.2, 0.25) is 10.0 Å². The lowest BCUT2D eigenvalue weighted by molar-refractivity contribution is 0.0526. The number of aromatic nitrogens is 1. The van der Waals surface area contributed by atoms with Gasteiger partial charge in [0.2, 0.25) is 0 Å². The van der Waals surface area contributed by atoms with Gasteiger partial charge in [0.25, 0.3) is 5.91 Å². The molecule has 1 aromatic heterocycles. The van der Waals surface area contributed by atoms with Crippen molar-refractivity contribution in [3.63, 3.8) is 0 Å². The molecule has 1 heterocycles. The maximum atomic E-state index is 12.6. The third kappa shape index (κ3) is 4.08. The molecule has 5 nitrogen and oxygen atoms in total. The number of benzene rings is 2. The fraction of sp³-hybridized carbons (Fsp3) is 0.211. The van der Waals surface area contributed by atoms with E-state index in [9.17, 15) is 9.59 Å². The molecular weight excluding hydrogens is 407 g/mol. The minimum absolute atomic E-state index is 0.255. The van der Waals surface area contributed by atoms with Gasteiger partial charge in [-0.05, 0) is 50.2 Å². The number of ether oxygens (including phenoxy) is 1. The molecule has 140 valence electrons. The van der Waals surface area contributed by atoms with Crippen LogP contribution in [0.25, 0.3) is 10.2 Å². The van der Waals surface area contributed by atoms with E-state index in [1.807, 2.05) is 17.6 Å². The lowest BCUT2D eigenvalue weighted by Gasteiger charge is -2.03. The van der Waals surface area contributed by atoms with Crippen LogP contribution in [0.15, 0.2) is 41.4 Å². The average molecular weight is 423 g/mol. The highest BCUT2D eigenvalue weighted by molar-refractivity contribution is 7.16. The highest BCUT2D eigenvalue weighted by Crippen LogP contribution is 2.23. The van der Waals surface area contributed by atoms with E-state index >= 15 is 0 Å². The van der Waals surface area contributed by atoms with Crippen LogP contribution in [0.1, 0.15) is 34.6 Å². The fourth-order valence-electron chi connectivity index (χ4n) is 2.62. The van der Waals surface area contributed by atoms with Gasteiger partial charge in [0.1, 0.15) is 0 Å². The van der Waals surface area contributed by atoms with Crippen LogP contribution < -0.4 is 4.80 Å². The van der Waals surface area contributed by atoms with Gasteiger partial charge in [-0.1, -0.05) is 34.5 Å². The van der Waals surface area contributed by atoms with E-state index in [0.717, 1.165) is 10.2 Å². The van der Waals surface area contributed by atoms with E-state index < -0.39 is 5.91 Å². The molecule has 0 N–H and O–H groups in total. The van der Waals surface area contributed by atoms with Crippen molar-refractivity contribution in [1.29, 1.82) is 0 Å². The summed E-state index contributed by atoms with van der Waals surface area (Å²) in [5.41, 5.74) is 1.64. The van der Waals surface area contributed by atoms with Crippen LogP contribution in [0, 0.1) is 0 Å². The molecule has 0 saturated heterocycles. The first-order valence-electron chi connectivity index (χ1n) is 8.29. The van der Waals surface area contributed by atoms with Gasteiger partial charge in [-0.2, -0.15) is 4.99 Å². The van der Waals surface area contributed by atoms with Crippen LogP contribution in [0.5, 0.6) is 0 Å². The summed E-state index contributed by atoms with van der Waals surface area (Å²) in [5, 5.41) is 0.707. The number of amides is 1. The van der Waals surface area contributed by atoms with Crippen molar-refractivity contribution in [2.24, 2.45) is 4.99 Å². The Labute approximate surface area is 169 Å². The standard InChI is InChI=1S/C19H16Cl2N2O3S/c1-3-23-15-8-5-11(18(25)26-4-2)9-16(15)27-19(23)22-17(24)13-7-6-12(20)10-14(13)21/h5-10H,3-4H2,1-2H3. The van der Waals surface area contributed by atoms with Gasteiger partial charge in [-0.15, -0.1) is 0 Å². The van der Waals surface area contributed by atoms with Gasteiger partial charge in [-0.3, -0.25) is 4.79 Å².